The van der Waals surface area contributed by atoms with Crippen LogP contribution in [0.3, 0.4) is 0 Å². The summed E-state index contributed by atoms with van der Waals surface area (Å²) in [6.45, 7) is 6.32. The van der Waals surface area contributed by atoms with E-state index in [2.05, 4.69) is 4.98 Å². The summed E-state index contributed by atoms with van der Waals surface area (Å²) in [6, 6.07) is 9.34. The van der Waals surface area contributed by atoms with Crippen LogP contribution in [0.15, 0.2) is 36.5 Å². The molecular weight excluding hydrogens is 422 g/mol. The fourth-order valence-electron chi connectivity index (χ4n) is 3.97. The smallest absolute Gasteiger partial charge is 0.259 e. The van der Waals surface area contributed by atoms with Crippen LogP contribution in [-0.2, 0) is 9.53 Å². The van der Waals surface area contributed by atoms with E-state index in [0.717, 1.165) is 16.7 Å². The third-order valence-electron chi connectivity index (χ3n) is 6.12. The van der Waals surface area contributed by atoms with E-state index < -0.39 is 6.10 Å². The number of aryl methyl sites for hydroxylation is 1. The molecule has 0 fully saturated rings. The fraction of sp³-hybridized carbons (Fsp3) is 0.480. The van der Waals surface area contributed by atoms with Gasteiger partial charge in [0, 0.05) is 38.4 Å². The Bertz CT molecular complexity index is 996. The van der Waals surface area contributed by atoms with Crippen LogP contribution in [0.2, 0.25) is 0 Å². The number of fused-ring (bicyclic) bond motifs is 1. The Labute approximate surface area is 195 Å². The van der Waals surface area contributed by atoms with Crippen LogP contribution in [-0.4, -0.2) is 84.3 Å². The van der Waals surface area contributed by atoms with E-state index in [0.29, 0.717) is 18.7 Å². The van der Waals surface area contributed by atoms with Crippen LogP contribution in [0.1, 0.15) is 29.8 Å². The van der Waals surface area contributed by atoms with Crippen LogP contribution in [0.4, 0.5) is 0 Å². The molecule has 0 saturated heterocycles. The minimum absolute atomic E-state index is 0.0155. The second kappa shape index (κ2) is 10.8. The van der Waals surface area contributed by atoms with Crippen molar-refractivity contribution in [3.8, 4) is 17.0 Å². The van der Waals surface area contributed by atoms with Gasteiger partial charge in [-0.05, 0) is 31.0 Å². The van der Waals surface area contributed by atoms with Crippen molar-refractivity contribution >= 4 is 11.8 Å². The van der Waals surface area contributed by atoms with Gasteiger partial charge in [0.2, 0.25) is 11.8 Å². The van der Waals surface area contributed by atoms with Crippen molar-refractivity contribution in [1.82, 2.24) is 14.8 Å². The molecule has 2 heterocycles. The zero-order chi connectivity index (χ0) is 24.1. The number of methoxy groups -OCH3 is 1. The number of nitrogens with zero attached hydrogens (tertiary/aromatic N) is 3. The molecule has 1 aliphatic rings. The molecule has 3 atom stereocenters. The zero-order valence-electron chi connectivity index (χ0n) is 19.9. The molecule has 2 aromatic rings. The van der Waals surface area contributed by atoms with E-state index in [4.69, 9.17) is 9.47 Å². The molecule has 0 spiro atoms. The van der Waals surface area contributed by atoms with E-state index >= 15 is 0 Å². The summed E-state index contributed by atoms with van der Waals surface area (Å²) in [4.78, 5) is 33.6. The van der Waals surface area contributed by atoms with Crippen molar-refractivity contribution in [3.63, 3.8) is 0 Å². The van der Waals surface area contributed by atoms with Crippen molar-refractivity contribution in [3.05, 3.63) is 47.7 Å². The molecule has 3 rings (SSSR count). The summed E-state index contributed by atoms with van der Waals surface area (Å²) in [5.74, 6) is -0.262. The molecule has 0 bridgehead atoms. The summed E-state index contributed by atoms with van der Waals surface area (Å²) < 4.78 is 11.2. The van der Waals surface area contributed by atoms with Crippen LogP contribution in [0.5, 0.6) is 5.88 Å². The van der Waals surface area contributed by atoms with Crippen LogP contribution >= 0.6 is 0 Å². The number of rotatable bonds is 7. The van der Waals surface area contributed by atoms with Gasteiger partial charge in [-0.1, -0.05) is 31.2 Å². The average molecular weight is 456 g/mol. The maximum Gasteiger partial charge on any atom is 0.259 e. The lowest BCUT2D eigenvalue weighted by Crippen LogP contribution is -2.50. The summed E-state index contributed by atoms with van der Waals surface area (Å²) in [5.41, 5.74) is 3.22. The lowest BCUT2D eigenvalue weighted by molar-refractivity contribution is -0.135. The molecule has 1 aromatic carbocycles. The first-order valence-electron chi connectivity index (χ1n) is 11.1. The van der Waals surface area contributed by atoms with Crippen molar-refractivity contribution in [2.24, 2.45) is 5.92 Å². The number of ether oxygens (including phenoxy) is 2. The number of carbonyl (C=O) groups is 2. The summed E-state index contributed by atoms with van der Waals surface area (Å²) >= 11 is 0. The van der Waals surface area contributed by atoms with Gasteiger partial charge in [-0.3, -0.25) is 9.59 Å². The molecule has 1 aromatic heterocycles. The van der Waals surface area contributed by atoms with Gasteiger partial charge in [-0.2, -0.15) is 0 Å². The largest absolute Gasteiger partial charge is 0.472 e. The summed E-state index contributed by atoms with van der Waals surface area (Å²) in [5, 5.41) is 9.81. The van der Waals surface area contributed by atoms with Gasteiger partial charge < -0.3 is 24.4 Å². The number of amides is 2. The van der Waals surface area contributed by atoms with Gasteiger partial charge >= 0.3 is 0 Å². The highest BCUT2D eigenvalue weighted by atomic mass is 16.5. The Hall–Kier alpha value is -2.97. The molecule has 8 nitrogen and oxygen atoms in total. The Kier molecular flexibility index (Phi) is 8.05. The Morgan fingerprint density at radius 2 is 2.09 bits per heavy atom. The van der Waals surface area contributed by atoms with Gasteiger partial charge in [-0.15, -0.1) is 0 Å². The number of aliphatic hydroxyl groups excluding tert-OH is 1. The molecule has 8 heteroatoms. The molecular formula is C25H33N3O5. The molecule has 178 valence electrons. The number of benzene rings is 1. The standard InChI is InChI=1S/C25H33N3O5/c1-16-8-6-7-9-20(16)19-10-21-24(26-11-19)33-22(13-27(4)23(30)15-32-5)17(2)12-28(25(21)31)18(3)14-29/h6-11,17-18,22,29H,12-15H2,1-5H3/t17-,18-,22-/m0/s1. The van der Waals surface area contributed by atoms with Crippen LogP contribution in [0, 0.1) is 12.8 Å². The minimum atomic E-state index is -0.395. The zero-order valence-corrected chi connectivity index (χ0v) is 19.9. The third kappa shape index (κ3) is 5.51. The molecule has 0 aliphatic carbocycles. The van der Waals surface area contributed by atoms with E-state index in [1.807, 2.05) is 45.0 Å². The van der Waals surface area contributed by atoms with Crippen molar-refractivity contribution < 1.29 is 24.2 Å². The number of hydrogen-bond donors (Lipinski definition) is 1. The topological polar surface area (TPSA) is 92.2 Å². The second-order valence-corrected chi connectivity index (χ2v) is 8.72. The maximum atomic E-state index is 13.5. The first kappa shape index (κ1) is 24.7. The predicted molar refractivity (Wildman–Crippen MR) is 125 cm³/mol. The quantitative estimate of drug-likeness (QED) is 0.689. The minimum Gasteiger partial charge on any atom is -0.472 e. The number of carbonyl (C=O) groups excluding carboxylic acids is 2. The average Bonchev–Trinajstić information content (AvgIpc) is 2.81. The molecule has 1 N–H and O–H groups in total. The van der Waals surface area contributed by atoms with Gasteiger partial charge in [0.15, 0.2) is 0 Å². The second-order valence-electron chi connectivity index (χ2n) is 8.72. The van der Waals surface area contributed by atoms with Gasteiger partial charge in [0.1, 0.15) is 18.3 Å². The Morgan fingerprint density at radius 1 is 1.36 bits per heavy atom. The highest BCUT2D eigenvalue weighted by Gasteiger charge is 2.34. The van der Waals surface area contributed by atoms with E-state index in [9.17, 15) is 14.7 Å². The molecule has 33 heavy (non-hydrogen) atoms. The SMILES string of the molecule is COCC(=O)N(C)C[C@@H]1Oc2ncc(-c3ccccc3C)cc2C(=O)N([C@@H](C)CO)C[C@@H]1C. The van der Waals surface area contributed by atoms with Gasteiger partial charge in [0.05, 0.1) is 19.2 Å². The van der Waals surface area contributed by atoms with Crippen molar-refractivity contribution in [2.45, 2.75) is 32.9 Å². The molecule has 1 aliphatic heterocycles. The van der Waals surface area contributed by atoms with E-state index in [-0.39, 0.29) is 42.9 Å². The number of aliphatic hydroxyl groups is 1. The normalized spacial score (nSPS) is 19.2. The highest BCUT2D eigenvalue weighted by molar-refractivity contribution is 5.98. The molecule has 0 unspecified atom stereocenters. The van der Waals surface area contributed by atoms with Crippen molar-refractivity contribution in [1.29, 1.82) is 0 Å². The Balaban J connectivity index is 2.02. The van der Waals surface area contributed by atoms with E-state index in [1.54, 1.807) is 29.1 Å². The lowest BCUT2D eigenvalue weighted by atomic mass is 9.98. The fourth-order valence-corrected chi connectivity index (χ4v) is 3.97. The summed E-state index contributed by atoms with van der Waals surface area (Å²) in [7, 11) is 3.18. The van der Waals surface area contributed by atoms with Crippen molar-refractivity contribution in [2.75, 3.05) is 40.5 Å². The number of likely N-dealkylation sites (N-methyl/N-ethyl adjacent to an activating group) is 1. The van der Waals surface area contributed by atoms with Crippen LogP contribution in [0.25, 0.3) is 11.1 Å². The van der Waals surface area contributed by atoms with Gasteiger partial charge in [-0.25, -0.2) is 4.98 Å². The predicted octanol–water partition coefficient (Wildman–Crippen LogP) is 2.38. The molecule has 0 saturated carbocycles. The first-order valence-corrected chi connectivity index (χ1v) is 11.1. The van der Waals surface area contributed by atoms with Crippen LogP contribution < -0.4 is 4.74 Å². The van der Waals surface area contributed by atoms with Gasteiger partial charge in [0.25, 0.3) is 5.91 Å². The molecule has 2 amide bonds. The lowest BCUT2D eigenvalue weighted by Gasteiger charge is -2.37. The number of hydrogen-bond acceptors (Lipinski definition) is 6. The number of aromatic nitrogens is 1. The molecule has 0 radical (unpaired) electrons. The highest BCUT2D eigenvalue weighted by Crippen LogP contribution is 2.31. The first-order chi connectivity index (χ1) is 15.8. The number of pyridine rings is 1. The monoisotopic (exact) mass is 455 g/mol. The maximum absolute atomic E-state index is 13.5. The third-order valence-corrected chi connectivity index (χ3v) is 6.12. The van der Waals surface area contributed by atoms with E-state index in [1.165, 1.54) is 7.11 Å². The Morgan fingerprint density at radius 3 is 2.76 bits per heavy atom. The summed E-state index contributed by atoms with van der Waals surface area (Å²) in [6.07, 6.45) is 1.31.